The first-order valence-electron chi connectivity index (χ1n) is 9.17. The second-order valence-corrected chi connectivity index (χ2v) is 6.93. The third-order valence-electron chi connectivity index (χ3n) is 5.12. The molecule has 2 amide bonds. The lowest BCUT2D eigenvalue weighted by Crippen LogP contribution is -2.40. The molecule has 0 bridgehead atoms. The van der Waals surface area contributed by atoms with Crippen LogP contribution in [0.15, 0.2) is 42.5 Å². The van der Waals surface area contributed by atoms with Gasteiger partial charge in [0, 0.05) is 19.0 Å². The molecule has 0 radical (unpaired) electrons. The van der Waals surface area contributed by atoms with Crippen LogP contribution in [-0.4, -0.2) is 18.7 Å². The molecular weight excluding hydrogens is 312 g/mol. The zero-order valence-corrected chi connectivity index (χ0v) is 14.4. The molecule has 130 valence electrons. The standard InChI is InChI=1S/C21H24N2O2/c24-21(23-19-3-1-2-4-19)22-14-15-5-7-16(8-6-15)17-9-10-20-18(13-17)11-12-25-20/h5-10,13,19H,1-4,11-12,14H2,(H2,22,23,24). The van der Waals surface area contributed by atoms with Crippen molar-refractivity contribution in [3.63, 3.8) is 0 Å². The Morgan fingerprint density at radius 3 is 2.60 bits per heavy atom. The fourth-order valence-corrected chi connectivity index (χ4v) is 3.67. The number of benzene rings is 2. The SMILES string of the molecule is O=C(NCc1ccc(-c2ccc3c(c2)CCO3)cc1)NC1CCCC1. The summed E-state index contributed by atoms with van der Waals surface area (Å²) in [6, 6.07) is 15.1. The third-order valence-corrected chi connectivity index (χ3v) is 5.12. The quantitative estimate of drug-likeness (QED) is 0.885. The number of amides is 2. The predicted molar refractivity (Wildman–Crippen MR) is 98.7 cm³/mol. The highest BCUT2D eigenvalue weighted by Gasteiger charge is 2.16. The fourth-order valence-electron chi connectivity index (χ4n) is 3.67. The minimum atomic E-state index is -0.0606. The van der Waals surface area contributed by atoms with Crippen LogP contribution < -0.4 is 15.4 Å². The third kappa shape index (κ3) is 3.78. The van der Waals surface area contributed by atoms with Crippen LogP contribution >= 0.6 is 0 Å². The average molecular weight is 336 g/mol. The van der Waals surface area contributed by atoms with Gasteiger partial charge in [-0.3, -0.25) is 0 Å². The fraction of sp³-hybridized carbons (Fsp3) is 0.381. The van der Waals surface area contributed by atoms with Crippen molar-refractivity contribution in [2.24, 2.45) is 0 Å². The molecule has 0 atom stereocenters. The number of urea groups is 1. The van der Waals surface area contributed by atoms with E-state index >= 15 is 0 Å². The molecule has 4 heteroatoms. The second kappa shape index (κ2) is 7.18. The number of nitrogens with one attached hydrogen (secondary N) is 2. The van der Waals surface area contributed by atoms with Gasteiger partial charge in [-0.25, -0.2) is 4.79 Å². The maximum atomic E-state index is 11.9. The average Bonchev–Trinajstić information content (AvgIpc) is 3.31. The van der Waals surface area contributed by atoms with Crippen LogP contribution in [-0.2, 0) is 13.0 Å². The molecule has 1 saturated carbocycles. The summed E-state index contributed by atoms with van der Waals surface area (Å²) in [6.07, 6.45) is 5.64. The Labute approximate surface area is 148 Å². The smallest absolute Gasteiger partial charge is 0.315 e. The van der Waals surface area contributed by atoms with Gasteiger partial charge in [0.1, 0.15) is 5.75 Å². The number of hydrogen-bond donors (Lipinski definition) is 2. The van der Waals surface area contributed by atoms with Crippen LogP contribution in [0.5, 0.6) is 5.75 Å². The molecule has 4 nitrogen and oxygen atoms in total. The Morgan fingerprint density at radius 2 is 1.80 bits per heavy atom. The maximum absolute atomic E-state index is 11.9. The van der Waals surface area contributed by atoms with E-state index in [9.17, 15) is 4.79 Å². The molecule has 1 heterocycles. The van der Waals surface area contributed by atoms with Crippen molar-refractivity contribution >= 4 is 6.03 Å². The van der Waals surface area contributed by atoms with Gasteiger partial charge in [0.15, 0.2) is 0 Å². The van der Waals surface area contributed by atoms with Crippen molar-refractivity contribution in [3.05, 3.63) is 53.6 Å². The van der Waals surface area contributed by atoms with Gasteiger partial charge < -0.3 is 15.4 Å². The molecule has 0 spiro atoms. The number of hydrogen-bond acceptors (Lipinski definition) is 2. The van der Waals surface area contributed by atoms with Crippen LogP contribution in [0.2, 0.25) is 0 Å². The number of ether oxygens (including phenoxy) is 1. The molecule has 2 aromatic carbocycles. The van der Waals surface area contributed by atoms with E-state index in [0.717, 1.165) is 37.2 Å². The van der Waals surface area contributed by atoms with Crippen molar-refractivity contribution in [2.45, 2.75) is 44.7 Å². The van der Waals surface area contributed by atoms with Gasteiger partial charge in [0.25, 0.3) is 0 Å². The largest absolute Gasteiger partial charge is 0.493 e. The lowest BCUT2D eigenvalue weighted by atomic mass is 10.0. The van der Waals surface area contributed by atoms with Crippen LogP contribution in [0.1, 0.15) is 36.8 Å². The lowest BCUT2D eigenvalue weighted by Gasteiger charge is -2.13. The van der Waals surface area contributed by atoms with E-state index in [1.807, 2.05) is 0 Å². The molecule has 0 aromatic heterocycles. The predicted octanol–water partition coefficient (Wildman–Crippen LogP) is 4.03. The first kappa shape index (κ1) is 16.0. The summed E-state index contributed by atoms with van der Waals surface area (Å²) in [5, 5.41) is 6.00. The van der Waals surface area contributed by atoms with Gasteiger partial charge in [0.05, 0.1) is 6.61 Å². The van der Waals surface area contributed by atoms with Gasteiger partial charge in [-0.15, -0.1) is 0 Å². The molecule has 1 aliphatic heterocycles. The molecule has 4 rings (SSSR count). The molecule has 0 saturated heterocycles. The molecule has 25 heavy (non-hydrogen) atoms. The van der Waals surface area contributed by atoms with Crippen LogP contribution in [0.4, 0.5) is 4.79 Å². The van der Waals surface area contributed by atoms with E-state index in [-0.39, 0.29) is 6.03 Å². The minimum absolute atomic E-state index is 0.0606. The van der Waals surface area contributed by atoms with Crippen LogP contribution in [0.3, 0.4) is 0 Å². The molecule has 1 aliphatic carbocycles. The first-order valence-corrected chi connectivity index (χ1v) is 9.17. The van der Waals surface area contributed by atoms with Crippen molar-refractivity contribution in [1.29, 1.82) is 0 Å². The number of carbonyl (C=O) groups is 1. The van der Waals surface area contributed by atoms with Gasteiger partial charge >= 0.3 is 6.03 Å². The Bertz CT molecular complexity index is 749. The first-order chi connectivity index (χ1) is 12.3. The molecular formula is C21H24N2O2. The van der Waals surface area contributed by atoms with Crippen molar-refractivity contribution in [1.82, 2.24) is 10.6 Å². The highest BCUT2D eigenvalue weighted by atomic mass is 16.5. The molecule has 2 N–H and O–H groups in total. The Morgan fingerprint density at radius 1 is 1.04 bits per heavy atom. The van der Waals surface area contributed by atoms with Gasteiger partial charge in [0.2, 0.25) is 0 Å². The normalized spacial score (nSPS) is 16.3. The van der Waals surface area contributed by atoms with E-state index in [4.69, 9.17) is 4.74 Å². The number of fused-ring (bicyclic) bond motifs is 1. The van der Waals surface area contributed by atoms with E-state index < -0.39 is 0 Å². The zero-order chi connectivity index (χ0) is 17.1. The number of rotatable bonds is 4. The Balaban J connectivity index is 1.34. The Kier molecular flexibility index (Phi) is 4.59. The summed E-state index contributed by atoms with van der Waals surface area (Å²) in [4.78, 5) is 11.9. The van der Waals surface area contributed by atoms with Gasteiger partial charge in [-0.2, -0.15) is 0 Å². The maximum Gasteiger partial charge on any atom is 0.315 e. The highest BCUT2D eigenvalue weighted by Crippen LogP contribution is 2.30. The molecule has 2 aromatic rings. The summed E-state index contributed by atoms with van der Waals surface area (Å²) in [6.45, 7) is 1.34. The highest BCUT2D eigenvalue weighted by molar-refractivity contribution is 5.74. The molecule has 2 aliphatic rings. The van der Waals surface area contributed by atoms with E-state index in [1.165, 1.54) is 29.5 Å². The topological polar surface area (TPSA) is 50.4 Å². The summed E-state index contributed by atoms with van der Waals surface area (Å²) in [5.74, 6) is 1.01. The molecule has 1 fully saturated rings. The summed E-state index contributed by atoms with van der Waals surface area (Å²) in [7, 11) is 0. The van der Waals surface area contributed by atoms with Crippen molar-refractivity contribution in [3.8, 4) is 16.9 Å². The summed E-state index contributed by atoms with van der Waals surface area (Å²) >= 11 is 0. The van der Waals surface area contributed by atoms with Crippen molar-refractivity contribution < 1.29 is 9.53 Å². The lowest BCUT2D eigenvalue weighted by molar-refractivity contribution is 0.236. The van der Waals surface area contributed by atoms with E-state index in [2.05, 4.69) is 53.1 Å². The summed E-state index contributed by atoms with van der Waals surface area (Å²) in [5.41, 5.74) is 4.79. The van der Waals surface area contributed by atoms with Crippen LogP contribution in [0.25, 0.3) is 11.1 Å². The monoisotopic (exact) mass is 336 g/mol. The van der Waals surface area contributed by atoms with Gasteiger partial charge in [-0.1, -0.05) is 43.2 Å². The minimum Gasteiger partial charge on any atom is -0.493 e. The Hall–Kier alpha value is -2.49. The molecule has 0 unspecified atom stereocenters. The van der Waals surface area contributed by atoms with Crippen LogP contribution in [0, 0.1) is 0 Å². The van der Waals surface area contributed by atoms with E-state index in [1.54, 1.807) is 0 Å². The second-order valence-electron chi connectivity index (χ2n) is 6.93. The van der Waals surface area contributed by atoms with E-state index in [0.29, 0.717) is 12.6 Å². The van der Waals surface area contributed by atoms with Gasteiger partial charge in [-0.05, 0) is 47.2 Å². The zero-order valence-electron chi connectivity index (χ0n) is 14.4. The van der Waals surface area contributed by atoms with Crippen molar-refractivity contribution in [2.75, 3.05) is 6.61 Å². The summed E-state index contributed by atoms with van der Waals surface area (Å²) < 4.78 is 5.56. The number of carbonyl (C=O) groups excluding carboxylic acids is 1.